The van der Waals surface area contributed by atoms with Crippen LogP contribution in [-0.4, -0.2) is 12.4 Å². The predicted molar refractivity (Wildman–Crippen MR) is 54.3 cm³/mol. The average Bonchev–Trinajstić information content (AvgIpc) is 3.10. The highest BCUT2D eigenvalue weighted by atomic mass is 19.1. The van der Waals surface area contributed by atoms with Gasteiger partial charge in [-0.2, -0.15) is 5.26 Å². The van der Waals surface area contributed by atoms with Crippen LogP contribution in [0.3, 0.4) is 0 Å². The zero-order valence-electron chi connectivity index (χ0n) is 8.57. The Hall–Kier alpha value is -1.89. The third-order valence-corrected chi connectivity index (χ3v) is 2.47. The number of ketones is 1. The summed E-state index contributed by atoms with van der Waals surface area (Å²) >= 11 is 0. The van der Waals surface area contributed by atoms with E-state index in [0.717, 1.165) is 18.9 Å². The van der Waals surface area contributed by atoms with Gasteiger partial charge in [0.05, 0.1) is 5.56 Å². The molecule has 1 aliphatic rings. The molecule has 1 aromatic carbocycles. The van der Waals surface area contributed by atoms with Crippen LogP contribution in [0.5, 0.6) is 5.75 Å². The van der Waals surface area contributed by atoms with Gasteiger partial charge in [-0.15, -0.1) is 0 Å². The Morgan fingerprint density at radius 3 is 2.88 bits per heavy atom. The summed E-state index contributed by atoms with van der Waals surface area (Å²) in [5.74, 6) is -0.141. The van der Waals surface area contributed by atoms with Crippen molar-refractivity contribution in [2.24, 2.45) is 5.92 Å². The lowest BCUT2D eigenvalue weighted by molar-refractivity contribution is -0.122. The maximum atomic E-state index is 13.2. The highest BCUT2D eigenvalue weighted by Gasteiger charge is 2.29. The van der Waals surface area contributed by atoms with Gasteiger partial charge in [-0.3, -0.25) is 4.79 Å². The lowest BCUT2D eigenvalue weighted by Crippen LogP contribution is -2.12. The number of carbonyl (C=O) groups is 1. The van der Waals surface area contributed by atoms with Gasteiger partial charge in [0.25, 0.3) is 0 Å². The molecule has 3 nitrogen and oxygen atoms in total. The van der Waals surface area contributed by atoms with Crippen molar-refractivity contribution in [2.75, 3.05) is 6.61 Å². The summed E-state index contributed by atoms with van der Waals surface area (Å²) in [7, 11) is 0. The number of ether oxygens (including phenoxy) is 1. The van der Waals surface area contributed by atoms with Crippen LogP contribution in [-0.2, 0) is 4.79 Å². The number of hydrogen-bond donors (Lipinski definition) is 0. The molecule has 4 heteroatoms. The van der Waals surface area contributed by atoms with Gasteiger partial charge < -0.3 is 4.74 Å². The number of benzene rings is 1. The van der Waals surface area contributed by atoms with Gasteiger partial charge in [-0.25, -0.2) is 4.39 Å². The molecule has 2 rings (SSSR count). The van der Waals surface area contributed by atoms with Crippen molar-refractivity contribution < 1.29 is 13.9 Å². The summed E-state index contributed by atoms with van der Waals surface area (Å²) in [6, 6.07) is 5.67. The summed E-state index contributed by atoms with van der Waals surface area (Å²) in [4.78, 5) is 11.3. The standard InChI is InChI=1S/C12H10FNO2/c13-11-5-10(4-3-9(11)6-14)16-7-12(15)8-1-2-8/h3-5,8H,1-2,7H2. The fourth-order valence-electron chi connectivity index (χ4n) is 1.35. The van der Waals surface area contributed by atoms with Crippen LogP contribution in [0.4, 0.5) is 4.39 Å². The molecule has 0 atom stereocenters. The Morgan fingerprint density at radius 2 is 2.31 bits per heavy atom. The second-order valence-electron chi connectivity index (χ2n) is 3.78. The minimum Gasteiger partial charge on any atom is -0.486 e. The maximum Gasteiger partial charge on any atom is 0.173 e. The van der Waals surface area contributed by atoms with Crippen molar-refractivity contribution in [3.63, 3.8) is 0 Å². The Kier molecular flexibility index (Phi) is 2.86. The largest absolute Gasteiger partial charge is 0.486 e. The Balaban J connectivity index is 1.97. The topological polar surface area (TPSA) is 50.1 Å². The van der Waals surface area contributed by atoms with E-state index in [9.17, 15) is 9.18 Å². The first-order valence-electron chi connectivity index (χ1n) is 5.06. The molecule has 0 N–H and O–H groups in total. The van der Waals surface area contributed by atoms with E-state index in [0.29, 0.717) is 0 Å². The number of Topliss-reactive ketones (excluding diaryl/α,β-unsaturated/α-hetero) is 1. The number of nitriles is 1. The van der Waals surface area contributed by atoms with Crippen LogP contribution >= 0.6 is 0 Å². The van der Waals surface area contributed by atoms with Crippen molar-refractivity contribution in [1.82, 2.24) is 0 Å². The van der Waals surface area contributed by atoms with Crippen LogP contribution in [0, 0.1) is 23.1 Å². The molecule has 0 heterocycles. The second-order valence-corrected chi connectivity index (χ2v) is 3.78. The number of hydrogen-bond acceptors (Lipinski definition) is 3. The van der Waals surface area contributed by atoms with Crippen LogP contribution in [0.25, 0.3) is 0 Å². The first kappa shape index (κ1) is 10.6. The van der Waals surface area contributed by atoms with E-state index in [1.165, 1.54) is 12.1 Å². The molecule has 0 bridgehead atoms. The van der Waals surface area contributed by atoms with Gasteiger partial charge in [0.15, 0.2) is 5.78 Å². The van der Waals surface area contributed by atoms with E-state index in [-0.39, 0.29) is 29.6 Å². The number of rotatable bonds is 4. The van der Waals surface area contributed by atoms with Gasteiger partial charge in [0.2, 0.25) is 0 Å². The molecule has 1 aromatic rings. The molecule has 0 unspecified atom stereocenters. The molecule has 0 amide bonds. The molecule has 0 saturated heterocycles. The summed E-state index contributed by atoms with van der Waals surface area (Å²) in [5.41, 5.74) is -0.0270. The summed E-state index contributed by atoms with van der Waals surface area (Å²) in [5, 5.41) is 8.52. The molecule has 82 valence electrons. The number of carbonyl (C=O) groups excluding carboxylic acids is 1. The average molecular weight is 219 g/mol. The van der Waals surface area contributed by atoms with Gasteiger partial charge in [-0.1, -0.05) is 0 Å². The molecule has 1 fully saturated rings. The highest BCUT2D eigenvalue weighted by molar-refractivity contribution is 5.84. The van der Waals surface area contributed by atoms with Crippen LogP contribution < -0.4 is 4.74 Å². The van der Waals surface area contributed by atoms with Gasteiger partial charge in [0.1, 0.15) is 24.2 Å². The third kappa shape index (κ3) is 2.37. The summed E-state index contributed by atoms with van der Waals surface area (Å²) in [6.07, 6.45) is 1.87. The zero-order valence-corrected chi connectivity index (χ0v) is 8.57. The molecule has 1 saturated carbocycles. The normalized spacial score (nSPS) is 14.2. The van der Waals surface area contributed by atoms with Crippen LogP contribution in [0.1, 0.15) is 18.4 Å². The first-order chi connectivity index (χ1) is 7.70. The van der Waals surface area contributed by atoms with E-state index in [4.69, 9.17) is 10.00 Å². The molecule has 0 aliphatic heterocycles. The molecule has 16 heavy (non-hydrogen) atoms. The van der Waals surface area contributed by atoms with Crippen molar-refractivity contribution in [2.45, 2.75) is 12.8 Å². The third-order valence-electron chi connectivity index (χ3n) is 2.47. The lowest BCUT2D eigenvalue weighted by Gasteiger charge is -2.05. The van der Waals surface area contributed by atoms with Crippen LogP contribution in [0.2, 0.25) is 0 Å². The molecular weight excluding hydrogens is 209 g/mol. The van der Waals surface area contributed by atoms with E-state index >= 15 is 0 Å². The Bertz CT molecular complexity index is 461. The lowest BCUT2D eigenvalue weighted by atomic mass is 10.2. The van der Waals surface area contributed by atoms with Gasteiger partial charge in [0, 0.05) is 12.0 Å². The maximum absolute atomic E-state index is 13.2. The predicted octanol–water partition coefficient (Wildman–Crippen LogP) is 2.06. The highest BCUT2D eigenvalue weighted by Crippen LogP contribution is 2.30. The Morgan fingerprint density at radius 1 is 1.56 bits per heavy atom. The minimum absolute atomic E-state index is 0.0179. The van der Waals surface area contributed by atoms with Gasteiger partial charge in [-0.05, 0) is 25.0 Å². The van der Waals surface area contributed by atoms with E-state index in [2.05, 4.69) is 0 Å². The molecule has 0 aromatic heterocycles. The van der Waals surface area contributed by atoms with Crippen molar-refractivity contribution >= 4 is 5.78 Å². The monoisotopic (exact) mass is 219 g/mol. The summed E-state index contributed by atoms with van der Waals surface area (Å²) < 4.78 is 18.3. The minimum atomic E-state index is -0.626. The smallest absolute Gasteiger partial charge is 0.173 e. The second kappa shape index (κ2) is 4.31. The number of halogens is 1. The van der Waals surface area contributed by atoms with Crippen molar-refractivity contribution in [1.29, 1.82) is 5.26 Å². The quantitative estimate of drug-likeness (QED) is 0.778. The van der Waals surface area contributed by atoms with Crippen molar-refractivity contribution in [3.05, 3.63) is 29.6 Å². The SMILES string of the molecule is N#Cc1ccc(OCC(=O)C2CC2)cc1F. The first-order valence-corrected chi connectivity index (χ1v) is 5.06. The van der Waals surface area contributed by atoms with E-state index < -0.39 is 5.82 Å². The van der Waals surface area contributed by atoms with Crippen LogP contribution in [0.15, 0.2) is 18.2 Å². The fourth-order valence-corrected chi connectivity index (χ4v) is 1.35. The van der Waals surface area contributed by atoms with Crippen molar-refractivity contribution in [3.8, 4) is 11.8 Å². The molecule has 1 aliphatic carbocycles. The fraction of sp³-hybridized carbons (Fsp3) is 0.333. The van der Waals surface area contributed by atoms with Gasteiger partial charge >= 0.3 is 0 Å². The molecular formula is C12H10FNO2. The molecule has 0 radical (unpaired) electrons. The zero-order chi connectivity index (χ0) is 11.5. The number of nitrogens with zero attached hydrogens (tertiary/aromatic N) is 1. The van der Waals surface area contributed by atoms with E-state index in [1.807, 2.05) is 0 Å². The van der Waals surface area contributed by atoms with E-state index in [1.54, 1.807) is 6.07 Å². The molecule has 0 spiro atoms. The summed E-state index contributed by atoms with van der Waals surface area (Å²) in [6.45, 7) is -0.0179. The Labute approximate surface area is 92.4 Å².